The lowest BCUT2D eigenvalue weighted by atomic mass is 9.88. The SMILES string of the molecule is C=C/C1=C(C=C)/C(N)=C(/N)c2ccccc2C(OC(=O)S)C1.CCC.N. The highest BCUT2D eigenvalue weighted by Crippen LogP contribution is 2.36. The Labute approximate surface area is 161 Å². The van der Waals surface area contributed by atoms with E-state index in [1.54, 1.807) is 12.2 Å². The Morgan fingerprint density at radius 2 is 1.81 bits per heavy atom. The van der Waals surface area contributed by atoms with Gasteiger partial charge < -0.3 is 22.4 Å². The number of carbonyl (C=O) groups is 1. The van der Waals surface area contributed by atoms with Crippen LogP contribution in [0.2, 0.25) is 0 Å². The van der Waals surface area contributed by atoms with Crippen LogP contribution in [0.25, 0.3) is 5.70 Å². The Balaban J connectivity index is 0.00000146. The van der Waals surface area contributed by atoms with Gasteiger partial charge in [0, 0.05) is 23.1 Å². The number of benzene rings is 1. The van der Waals surface area contributed by atoms with Crippen LogP contribution in [0.3, 0.4) is 0 Å². The largest absolute Gasteiger partial charge is 0.449 e. The lowest BCUT2D eigenvalue weighted by Crippen LogP contribution is -2.18. The molecule has 0 amide bonds. The van der Waals surface area contributed by atoms with E-state index in [-0.39, 0.29) is 6.15 Å². The zero-order valence-corrected chi connectivity index (χ0v) is 16.4. The second kappa shape index (κ2) is 11.2. The fourth-order valence-electron chi connectivity index (χ4n) is 2.57. The predicted molar refractivity (Wildman–Crippen MR) is 113 cm³/mol. The summed E-state index contributed by atoms with van der Waals surface area (Å²) in [5, 5.41) is -0.653. The molecule has 1 aliphatic rings. The van der Waals surface area contributed by atoms with E-state index in [2.05, 4.69) is 39.6 Å². The first-order chi connectivity index (χ1) is 11.9. The van der Waals surface area contributed by atoms with Gasteiger partial charge in [-0.2, -0.15) is 0 Å². The molecule has 0 saturated heterocycles. The van der Waals surface area contributed by atoms with Crippen LogP contribution in [-0.4, -0.2) is 5.30 Å². The number of carbonyl (C=O) groups excluding carboxylic acids is 1. The van der Waals surface area contributed by atoms with Gasteiger partial charge in [0.25, 0.3) is 0 Å². The fourth-order valence-corrected chi connectivity index (χ4v) is 2.69. The lowest BCUT2D eigenvalue weighted by Gasteiger charge is -2.25. The molecule has 7 N–H and O–H groups in total. The molecule has 0 bridgehead atoms. The number of fused-ring (bicyclic) bond motifs is 1. The summed E-state index contributed by atoms with van der Waals surface area (Å²) in [7, 11) is 0. The molecular weight excluding hydrogens is 346 g/mol. The average Bonchev–Trinajstić information content (AvgIpc) is 2.59. The summed E-state index contributed by atoms with van der Waals surface area (Å²) in [5.41, 5.74) is 16.3. The van der Waals surface area contributed by atoms with Gasteiger partial charge in [-0.3, -0.25) is 0 Å². The lowest BCUT2D eigenvalue weighted by molar-refractivity contribution is 0.123. The van der Waals surface area contributed by atoms with E-state index < -0.39 is 11.4 Å². The van der Waals surface area contributed by atoms with Crippen molar-refractivity contribution in [3.05, 3.63) is 77.5 Å². The fraction of sp³-hybridized carbons (Fsp3) is 0.250. The highest BCUT2D eigenvalue weighted by Gasteiger charge is 2.25. The molecule has 1 unspecified atom stereocenters. The Morgan fingerprint density at radius 1 is 1.23 bits per heavy atom. The molecule has 26 heavy (non-hydrogen) atoms. The quantitative estimate of drug-likeness (QED) is 0.437. The molecule has 0 fully saturated rings. The third kappa shape index (κ3) is 5.54. The zero-order chi connectivity index (χ0) is 19.0. The number of thiol groups is 1. The third-order valence-electron chi connectivity index (χ3n) is 3.62. The van der Waals surface area contributed by atoms with Gasteiger partial charge in [-0.1, -0.05) is 82.5 Å². The molecule has 1 aromatic carbocycles. The van der Waals surface area contributed by atoms with Gasteiger partial charge in [-0.15, -0.1) is 0 Å². The Morgan fingerprint density at radius 3 is 2.31 bits per heavy atom. The Hall–Kier alpha value is -2.44. The summed E-state index contributed by atoms with van der Waals surface area (Å²) in [4.78, 5) is 11.3. The number of hydrogen-bond acceptors (Lipinski definition) is 5. The van der Waals surface area contributed by atoms with Crippen molar-refractivity contribution in [2.45, 2.75) is 32.8 Å². The monoisotopic (exact) mass is 375 g/mol. The van der Waals surface area contributed by atoms with Crippen LogP contribution in [0.1, 0.15) is 43.9 Å². The molecule has 2 rings (SSSR count). The minimum absolute atomic E-state index is 0. The van der Waals surface area contributed by atoms with Gasteiger partial charge in [0.1, 0.15) is 6.10 Å². The van der Waals surface area contributed by atoms with Gasteiger partial charge in [0.05, 0.1) is 11.4 Å². The second-order valence-corrected chi connectivity index (χ2v) is 5.91. The molecule has 1 atom stereocenters. The maximum atomic E-state index is 11.3. The van der Waals surface area contributed by atoms with Crippen LogP contribution in [-0.2, 0) is 4.74 Å². The van der Waals surface area contributed by atoms with Crippen molar-refractivity contribution < 1.29 is 9.53 Å². The minimum Gasteiger partial charge on any atom is -0.449 e. The van der Waals surface area contributed by atoms with E-state index in [1.807, 2.05) is 24.3 Å². The van der Waals surface area contributed by atoms with Crippen molar-refractivity contribution in [3.8, 4) is 0 Å². The summed E-state index contributed by atoms with van der Waals surface area (Å²) in [5.74, 6) is 0. The van der Waals surface area contributed by atoms with Gasteiger partial charge in [-0.05, 0) is 5.57 Å². The van der Waals surface area contributed by atoms with Crippen molar-refractivity contribution >= 4 is 23.6 Å². The number of hydrogen-bond donors (Lipinski definition) is 4. The van der Waals surface area contributed by atoms with Gasteiger partial charge >= 0.3 is 5.30 Å². The smallest absolute Gasteiger partial charge is 0.364 e. The van der Waals surface area contributed by atoms with Crippen molar-refractivity contribution in [3.63, 3.8) is 0 Å². The molecule has 0 radical (unpaired) electrons. The Bertz CT molecular complexity index is 724. The van der Waals surface area contributed by atoms with E-state index >= 15 is 0 Å². The van der Waals surface area contributed by atoms with E-state index in [0.717, 1.165) is 16.7 Å². The third-order valence-corrected chi connectivity index (χ3v) is 3.73. The molecule has 1 aromatic rings. The molecule has 1 aliphatic carbocycles. The minimum atomic E-state index is -0.653. The maximum absolute atomic E-state index is 11.3. The first kappa shape index (κ1) is 23.6. The molecule has 0 heterocycles. The van der Waals surface area contributed by atoms with Gasteiger partial charge in [-0.25, -0.2) is 4.79 Å². The standard InChI is InChI=1S/C17H18N2O2S.C3H8.H3N/c1-3-10-9-14(21-17(20)22)12-7-5-6-8-13(12)16(19)15(18)11(10)4-2;1-3-2;/h3-8,14H,1-2,9,18-19H2,(H,20,22);3H2,1-2H3;1H3/b11-10-,16-15-;;. The van der Waals surface area contributed by atoms with Crippen molar-refractivity contribution in [1.29, 1.82) is 0 Å². The van der Waals surface area contributed by atoms with E-state index in [0.29, 0.717) is 23.4 Å². The van der Waals surface area contributed by atoms with Gasteiger partial charge in [0.2, 0.25) is 0 Å². The first-order valence-corrected chi connectivity index (χ1v) is 8.58. The maximum Gasteiger partial charge on any atom is 0.364 e. The molecule has 5 nitrogen and oxygen atoms in total. The summed E-state index contributed by atoms with van der Waals surface area (Å²) < 4.78 is 5.35. The first-order valence-electron chi connectivity index (χ1n) is 8.13. The summed E-state index contributed by atoms with van der Waals surface area (Å²) >= 11 is 3.72. The van der Waals surface area contributed by atoms with Crippen LogP contribution in [0.4, 0.5) is 4.79 Å². The molecule has 142 valence electrons. The molecule has 6 heteroatoms. The summed E-state index contributed by atoms with van der Waals surface area (Å²) in [6.45, 7) is 11.8. The van der Waals surface area contributed by atoms with Crippen LogP contribution in [0.15, 0.2) is 66.4 Å². The second-order valence-electron chi connectivity index (χ2n) is 5.55. The highest BCUT2D eigenvalue weighted by molar-refractivity contribution is 7.96. The number of nitrogens with two attached hydrogens (primary N) is 2. The molecule has 0 saturated carbocycles. The van der Waals surface area contributed by atoms with Crippen molar-refractivity contribution in [2.24, 2.45) is 11.5 Å². The predicted octanol–water partition coefficient (Wildman–Crippen LogP) is 5.03. The number of rotatable bonds is 3. The average molecular weight is 376 g/mol. The van der Waals surface area contributed by atoms with Gasteiger partial charge in [0.15, 0.2) is 0 Å². The van der Waals surface area contributed by atoms with Crippen molar-refractivity contribution in [2.75, 3.05) is 0 Å². The van der Waals surface area contributed by atoms with E-state index in [4.69, 9.17) is 16.2 Å². The molecule has 0 aromatic heterocycles. The van der Waals surface area contributed by atoms with Crippen LogP contribution in [0.5, 0.6) is 0 Å². The summed E-state index contributed by atoms with van der Waals surface area (Å²) in [6.07, 6.45) is 4.45. The van der Waals surface area contributed by atoms with Crippen molar-refractivity contribution in [1.82, 2.24) is 6.15 Å². The van der Waals surface area contributed by atoms with E-state index in [9.17, 15) is 4.79 Å². The van der Waals surface area contributed by atoms with Crippen LogP contribution in [0, 0.1) is 0 Å². The van der Waals surface area contributed by atoms with E-state index in [1.165, 1.54) is 6.42 Å². The zero-order valence-electron chi connectivity index (χ0n) is 15.5. The Kier molecular flexibility index (Phi) is 10.2. The molecular formula is C20H29N3O2S. The molecule has 0 aliphatic heterocycles. The normalized spacial score (nSPS) is 21.6. The highest BCUT2D eigenvalue weighted by atomic mass is 32.1. The number of allylic oxidation sites excluding steroid dienone is 2. The van der Waals surface area contributed by atoms with Crippen LogP contribution < -0.4 is 17.6 Å². The topological polar surface area (TPSA) is 113 Å². The van der Waals surface area contributed by atoms with Crippen LogP contribution >= 0.6 is 12.6 Å². The number of ether oxygens (including phenoxy) is 1. The summed E-state index contributed by atoms with van der Waals surface area (Å²) in [6, 6.07) is 7.41. The molecule has 0 spiro atoms.